The number of hydrogen-bond donors (Lipinski definition) is 0. The number of nitriles is 1. The third kappa shape index (κ3) is 2.84. The summed E-state index contributed by atoms with van der Waals surface area (Å²) >= 11 is 3.49. The molecule has 0 bridgehead atoms. The van der Waals surface area contributed by atoms with Crippen molar-refractivity contribution in [2.24, 2.45) is 0 Å². The summed E-state index contributed by atoms with van der Waals surface area (Å²) in [6.45, 7) is 4.79. The fourth-order valence-electron chi connectivity index (χ4n) is 3.35. The van der Waals surface area contributed by atoms with E-state index in [1.54, 1.807) is 0 Å². The van der Waals surface area contributed by atoms with Gasteiger partial charge in [-0.1, -0.05) is 6.42 Å². The summed E-state index contributed by atoms with van der Waals surface area (Å²) in [6, 6.07) is 8.97. The van der Waals surface area contributed by atoms with E-state index in [0.29, 0.717) is 11.6 Å². The first-order valence-corrected chi connectivity index (χ1v) is 8.26. The van der Waals surface area contributed by atoms with Crippen LogP contribution in [0.4, 0.5) is 5.69 Å². The van der Waals surface area contributed by atoms with Gasteiger partial charge >= 0.3 is 0 Å². The molecule has 4 heteroatoms. The molecule has 0 amide bonds. The average Bonchev–Trinajstić information content (AvgIpc) is 2.98. The maximum Gasteiger partial charge on any atom is 0.100 e. The molecule has 106 valence electrons. The summed E-state index contributed by atoms with van der Waals surface area (Å²) in [5.41, 5.74) is 1.94. The molecule has 0 aliphatic carbocycles. The largest absolute Gasteiger partial charge is 0.370 e. The first-order valence-electron chi connectivity index (χ1n) is 7.46. The normalized spacial score (nSPS) is 23.8. The van der Waals surface area contributed by atoms with Gasteiger partial charge in [0.05, 0.1) is 5.56 Å². The highest BCUT2D eigenvalue weighted by molar-refractivity contribution is 9.10. The second kappa shape index (κ2) is 6.15. The number of anilines is 1. The maximum atomic E-state index is 8.99. The predicted octanol–water partition coefficient (Wildman–Crippen LogP) is 3.39. The van der Waals surface area contributed by atoms with Crippen LogP contribution in [0.5, 0.6) is 0 Å². The zero-order chi connectivity index (χ0) is 13.9. The highest BCUT2D eigenvalue weighted by Gasteiger charge is 2.28. The Labute approximate surface area is 129 Å². The summed E-state index contributed by atoms with van der Waals surface area (Å²) in [4.78, 5) is 5.12. The molecule has 2 heterocycles. The lowest BCUT2D eigenvalue weighted by Gasteiger charge is -2.32. The number of halogens is 1. The summed E-state index contributed by atoms with van der Waals surface area (Å²) < 4.78 is 0.902. The van der Waals surface area contributed by atoms with Crippen LogP contribution in [0.2, 0.25) is 0 Å². The minimum Gasteiger partial charge on any atom is -0.370 e. The van der Waals surface area contributed by atoms with Crippen LogP contribution in [-0.4, -0.2) is 37.1 Å². The first kappa shape index (κ1) is 13.9. The molecule has 1 aromatic rings. The van der Waals surface area contributed by atoms with Crippen molar-refractivity contribution >= 4 is 21.6 Å². The fraction of sp³-hybridized carbons (Fsp3) is 0.562. The number of likely N-dealkylation sites (tertiary alicyclic amines) is 1. The van der Waals surface area contributed by atoms with E-state index in [9.17, 15) is 0 Å². The molecule has 0 aromatic heterocycles. The van der Waals surface area contributed by atoms with Crippen LogP contribution >= 0.6 is 15.9 Å². The minimum absolute atomic E-state index is 0.709. The number of piperidine rings is 1. The zero-order valence-electron chi connectivity index (χ0n) is 11.7. The van der Waals surface area contributed by atoms with Crippen LogP contribution in [0.25, 0.3) is 0 Å². The Hall–Kier alpha value is -1.05. The maximum absolute atomic E-state index is 8.99. The molecule has 3 nitrogen and oxygen atoms in total. The second-order valence-corrected chi connectivity index (χ2v) is 6.62. The third-order valence-corrected chi connectivity index (χ3v) is 5.16. The molecule has 1 atom stereocenters. The second-order valence-electron chi connectivity index (χ2n) is 5.76. The Balaban J connectivity index is 1.67. The van der Waals surface area contributed by atoms with Crippen molar-refractivity contribution in [3.63, 3.8) is 0 Å². The quantitative estimate of drug-likeness (QED) is 0.831. The van der Waals surface area contributed by atoms with Crippen LogP contribution < -0.4 is 4.90 Å². The van der Waals surface area contributed by atoms with Crippen molar-refractivity contribution in [2.45, 2.75) is 31.7 Å². The molecule has 1 aromatic carbocycles. The molecule has 2 aliphatic heterocycles. The van der Waals surface area contributed by atoms with Crippen LogP contribution in [-0.2, 0) is 0 Å². The fourth-order valence-corrected chi connectivity index (χ4v) is 3.80. The molecule has 2 saturated heterocycles. The van der Waals surface area contributed by atoms with E-state index in [2.05, 4.69) is 43.9 Å². The van der Waals surface area contributed by atoms with Gasteiger partial charge in [-0.05, 0) is 66.5 Å². The van der Waals surface area contributed by atoms with Crippen molar-refractivity contribution in [2.75, 3.05) is 31.1 Å². The number of rotatable bonds is 2. The highest BCUT2D eigenvalue weighted by Crippen LogP contribution is 2.28. The molecule has 2 aliphatic rings. The van der Waals surface area contributed by atoms with E-state index < -0.39 is 0 Å². The molecule has 20 heavy (non-hydrogen) atoms. The zero-order valence-corrected chi connectivity index (χ0v) is 13.3. The molecular formula is C16H20BrN3. The molecule has 0 spiro atoms. The Bertz CT molecular complexity index is 517. The van der Waals surface area contributed by atoms with E-state index in [0.717, 1.165) is 17.6 Å². The van der Waals surface area contributed by atoms with Crippen molar-refractivity contribution in [1.29, 1.82) is 5.26 Å². The van der Waals surface area contributed by atoms with Crippen LogP contribution in [0.3, 0.4) is 0 Å². The van der Waals surface area contributed by atoms with Crippen molar-refractivity contribution in [3.05, 3.63) is 28.2 Å². The molecule has 0 N–H and O–H groups in total. The summed E-state index contributed by atoms with van der Waals surface area (Å²) in [5, 5.41) is 8.99. The van der Waals surface area contributed by atoms with E-state index in [4.69, 9.17) is 5.26 Å². The average molecular weight is 334 g/mol. The van der Waals surface area contributed by atoms with Crippen LogP contribution in [0.1, 0.15) is 31.2 Å². The Morgan fingerprint density at radius 1 is 1.15 bits per heavy atom. The molecule has 2 fully saturated rings. The molecular weight excluding hydrogens is 314 g/mol. The summed E-state index contributed by atoms with van der Waals surface area (Å²) in [5.74, 6) is 0. The van der Waals surface area contributed by atoms with Gasteiger partial charge in [0, 0.05) is 29.3 Å². The van der Waals surface area contributed by atoms with E-state index in [1.165, 1.54) is 44.5 Å². The smallest absolute Gasteiger partial charge is 0.100 e. The molecule has 0 radical (unpaired) electrons. The Morgan fingerprint density at radius 3 is 2.65 bits per heavy atom. The van der Waals surface area contributed by atoms with E-state index in [-0.39, 0.29) is 0 Å². The van der Waals surface area contributed by atoms with Gasteiger partial charge in [-0.15, -0.1) is 0 Å². The van der Waals surface area contributed by atoms with Gasteiger partial charge in [0.1, 0.15) is 6.07 Å². The van der Waals surface area contributed by atoms with Crippen molar-refractivity contribution in [3.8, 4) is 6.07 Å². The molecule has 3 rings (SSSR count). The highest BCUT2D eigenvalue weighted by atomic mass is 79.9. The first-order chi connectivity index (χ1) is 9.78. The van der Waals surface area contributed by atoms with Gasteiger partial charge in [0.15, 0.2) is 0 Å². The standard InChI is InChI=1S/C16H20BrN3/c17-16-10-14(5-4-13(16)11-18)20-9-6-15(12-20)19-7-2-1-3-8-19/h4-5,10,15H,1-3,6-9,12H2. The molecule has 0 saturated carbocycles. The Kier molecular flexibility index (Phi) is 4.28. The monoisotopic (exact) mass is 333 g/mol. The van der Waals surface area contributed by atoms with Crippen LogP contribution in [0, 0.1) is 11.3 Å². The van der Waals surface area contributed by atoms with Gasteiger partial charge in [-0.2, -0.15) is 5.26 Å². The van der Waals surface area contributed by atoms with Gasteiger partial charge in [-0.25, -0.2) is 0 Å². The van der Waals surface area contributed by atoms with Crippen LogP contribution in [0.15, 0.2) is 22.7 Å². The topological polar surface area (TPSA) is 30.3 Å². The lowest BCUT2D eigenvalue weighted by atomic mass is 10.1. The number of benzene rings is 1. The molecule has 1 unspecified atom stereocenters. The van der Waals surface area contributed by atoms with E-state index in [1.807, 2.05) is 6.07 Å². The summed E-state index contributed by atoms with van der Waals surface area (Å²) in [7, 11) is 0. The summed E-state index contributed by atoms with van der Waals surface area (Å²) in [6.07, 6.45) is 5.38. The number of nitrogens with zero attached hydrogens (tertiary/aromatic N) is 3. The third-order valence-electron chi connectivity index (χ3n) is 4.51. The van der Waals surface area contributed by atoms with Gasteiger partial charge in [0.25, 0.3) is 0 Å². The van der Waals surface area contributed by atoms with Crippen molar-refractivity contribution in [1.82, 2.24) is 4.90 Å². The van der Waals surface area contributed by atoms with Gasteiger partial charge in [-0.3, -0.25) is 4.90 Å². The van der Waals surface area contributed by atoms with Gasteiger partial charge < -0.3 is 4.90 Å². The van der Waals surface area contributed by atoms with E-state index >= 15 is 0 Å². The predicted molar refractivity (Wildman–Crippen MR) is 84.9 cm³/mol. The SMILES string of the molecule is N#Cc1ccc(N2CCC(N3CCCCC3)C2)cc1Br. The number of hydrogen-bond acceptors (Lipinski definition) is 3. The lowest BCUT2D eigenvalue weighted by molar-refractivity contribution is 0.175. The lowest BCUT2D eigenvalue weighted by Crippen LogP contribution is -2.40. The van der Waals surface area contributed by atoms with Crippen molar-refractivity contribution < 1.29 is 0 Å². The van der Waals surface area contributed by atoms with Gasteiger partial charge in [0.2, 0.25) is 0 Å². The minimum atomic E-state index is 0.709. The Morgan fingerprint density at radius 2 is 1.95 bits per heavy atom.